The number of aromatic nitrogens is 1. The van der Waals surface area contributed by atoms with E-state index >= 15 is 0 Å². The number of aromatic amines is 1. The van der Waals surface area contributed by atoms with Crippen molar-refractivity contribution in [1.82, 2.24) is 4.98 Å². The summed E-state index contributed by atoms with van der Waals surface area (Å²) < 4.78 is 0. The highest BCUT2D eigenvalue weighted by molar-refractivity contribution is 5.47. The molecule has 0 atom stereocenters. The summed E-state index contributed by atoms with van der Waals surface area (Å²) in [6.45, 7) is 2.16. The Morgan fingerprint density at radius 2 is 2.38 bits per heavy atom. The Kier molecular flexibility index (Phi) is 4.03. The van der Waals surface area contributed by atoms with Gasteiger partial charge in [-0.05, 0) is 18.6 Å². The van der Waals surface area contributed by atoms with Gasteiger partial charge in [0.15, 0.2) is 0 Å². The monoisotopic (exact) mass is 177 g/mol. The molecule has 0 amide bonds. The smallest absolute Gasteiger partial charge is 0.255 e. The van der Waals surface area contributed by atoms with Crippen LogP contribution in [-0.2, 0) is 0 Å². The highest BCUT2D eigenvalue weighted by atomic mass is 16.1. The molecule has 13 heavy (non-hydrogen) atoms. The van der Waals surface area contributed by atoms with Gasteiger partial charge in [0.2, 0.25) is 0 Å². The van der Waals surface area contributed by atoms with Crippen LogP contribution in [-0.4, -0.2) is 4.98 Å². The summed E-state index contributed by atoms with van der Waals surface area (Å²) in [5.41, 5.74) is 0.717. The minimum atomic E-state index is -0.0183. The highest BCUT2D eigenvalue weighted by Gasteiger charge is 1.90. The minimum absolute atomic E-state index is 0.0183. The fraction of sp³-hybridized carbons (Fsp3) is 0.364. The van der Waals surface area contributed by atoms with Crippen LogP contribution in [0.15, 0.2) is 29.2 Å². The Labute approximate surface area is 78.3 Å². The van der Waals surface area contributed by atoms with E-state index in [4.69, 9.17) is 0 Å². The molecule has 2 nitrogen and oxygen atoms in total. The first-order valence-corrected chi connectivity index (χ1v) is 4.69. The normalized spacial score (nSPS) is 10.8. The first-order valence-electron chi connectivity index (χ1n) is 4.69. The van der Waals surface area contributed by atoms with Crippen LogP contribution in [0.25, 0.3) is 6.08 Å². The van der Waals surface area contributed by atoms with Crippen LogP contribution in [0.1, 0.15) is 31.7 Å². The fourth-order valence-electron chi connectivity index (χ4n) is 1.10. The molecule has 70 valence electrons. The molecule has 0 saturated heterocycles. The maximum Gasteiger partial charge on any atom is 0.255 e. The SMILES string of the molecule is CCCC/C=C\c1ccc[nH]c1=O. The third-order valence-electron chi connectivity index (χ3n) is 1.87. The molecular weight excluding hydrogens is 162 g/mol. The predicted octanol–water partition coefficient (Wildman–Crippen LogP) is 2.58. The van der Waals surface area contributed by atoms with Crippen molar-refractivity contribution < 1.29 is 0 Å². The topological polar surface area (TPSA) is 32.9 Å². The van der Waals surface area contributed by atoms with Crippen molar-refractivity contribution in [2.45, 2.75) is 26.2 Å². The molecule has 0 aromatic carbocycles. The van der Waals surface area contributed by atoms with Gasteiger partial charge in [0, 0.05) is 11.8 Å². The summed E-state index contributed by atoms with van der Waals surface area (Å²) in [5.74, 6) is 0. The van der Waals surface area contributed by atoms with E-state index in [9.17, 15) is 4.79 Å². The van der Waals surface area contributed by atoms with Crippen molar-refractivity contribution in [1.29, 1.82) is 0 Å². The fourth-order valence-corrected chi connectivity index (χ4v) is 1.10. The Morgan fingerprint density at radius 3 is 3.08 bits per heavy atom. The molecule has 0 spiro atoms. The van der Waals surface area contributed by atoms with Gasteiger partial charge in [0.1, 0.15) is 0 Å². The number of rotatable bonds is 4. The average molecular weight is 177 g/mol. The van der Waals surface area contributed by atoms with E-state index in [2.05, 4.69) is 11.9 Å². The van der Waals surface area contributed by atoms with Gasteiger partial charge in [-0.15, -0.1) is 0 Å². The second-order valence-electron chi connectivity index (χ2n) is 3.00. The summed E-state index contributed by atoms with van der Waals surface area (Å²) >= 11 is 0. The molecule has 1 aromatic heterocycles. The van der Waals surface area contributed by atoms with E-state index in [0.717, 1.165) is 12.0 Å². The number of H-pyrrole nitrogens is 1. The molecular formula is C11H15NO. The average Bonchev–Trinajstić information content (AvgIpc) is 2.15. The van der Waals surface area contributed by atoms with Gasteiger partial charge >= 0.3 is 0 Å². The maximum absolute atomic E-state index is 11.2. The van der Waals surface area contributed by atoms with Crippen molar-refractivity contribution in [2.75, 3.05) is 0 Å². The zero-order valence-corrected chi connectivity index (χ0v) is 7.92. The van der Waals surface area contributed by atoms with Crippen molar-refractivity contribution in [3.05, 3.63) is 40.3 Å². The van der Waals surface area contributed by atoms with Gasteiger partial charge in [-0.2, -0.15) is 0 Å². The van der Waals surface area contributed by atoms with Gasteiger partial charge in [-0.1, -0.05) is 31.9 Å². The molecule has 0 aliphatic rings. The Hall–Kier alpha value is -1.31. The predicted molar refractivity (Wildman–Crippen MR) is 55.6 cm³/mol. The van der Waals surface area contributed by atoms with Gasteiger partial charge in [-0.25, -0.2) is 0 Å². The Balaban J connectivity index is 2.58. The number of nitrogens with one attached hydrogen (secondary N) is 1. The van der Waals surface area contributed by atoms with E-state index in [1.165, 1.54) is 12.8 Å². The zero-order valence-electron chi connectivity index (χ0n) is 7.92. The number of hydrogen-bond donors (Lipinski definition) is 1. The standard InChI is InChI=1S/C11H15NO/c1-2-3-4-5-7-10-8-6-9-12-11(10)13/h5-9H,2-4H2,1H3,(H,12,13)/b7-5-. The van der Waals surface area contributed by atoms with Crippen molar-refractivity contribution in [3.63, 3.8) is 0 Å². The summed E-state index contributed by atoms with van der Waals surface area (Å²) in [6, 6.07) is 3.65. The van der Waals surface area contributed by atoms with Crippen molar-refractivity contribution in [2.24, 2.45) is 0 Å². The van der Waals surface area contributed by atoms with Crippen LogP contribution in [0.3, 0.4) is 0 Å². The molecule has 0 bridgehead atoms. The molecule has 0 fully saturated rings. The Morgan fingerprint density at radius 1 is 1.54 bits per heavy atom. The molecule has 1 heterocycles. The lowest BCUT2D eigenvalue weighted by Crippen LogP contribution is -2.06. The van der Waals surface area contributed by atoms with Gasteiger partial charge in [0.25, 0.3) is 5.56 Å². The molecule has 0 aliphatic heterocycles. The summed E-state index contributed by atoms with van der Waals surface area (Å²) in [5, 5.41) is 0. The van der Waals surface area contributed by atoms with Crippen LogP contribution in [0.2, 0.25) is 0 Å². The third kappa shape index (κ3) is 3.28. The molecule has 2 heteroatoms. The van der Waals surface area contributed by atoms with E-state index in [0.29, 0.717) is 0 Å². The van der Waals surface area contributed by atoms with E-state index < -0.39 is 0 Å². The van der Waals surface area contributed by atoms with Crippen LogP contribution in [0, 0.1) is 0 Å². The van der Waals surface area contributed by atoms with E-state index in [1.807, 2.05) is 24.3 Å². The molecule has 0 aliphatic carbocycles. The number of unbranched alkanes of at least 4 members (excludes halogenated alkanes) is 2. The molecule has 1 N–H and O–H groups in total. The number of allylic oxidation sites excluding steroid dienone is 1. The van der Waals surface area contributed by atoms with Crippen molar-refractivity contribution >= 4 is 6.08 Å². The molecule has 0 unspecified atom stereocenters. The van der Waals surface area contributed by atoms with Crippen molar-refractivity contribution in [3.8, 4) is 0 Å². The van der Waals surface area contributed by atoms with Gasteiger partial charge < -0.3 is 4.98 Å². The zero-order chi connectivity index (χ0) is 9.52. The van der Waals surface area contributed by atoms with Crippen LogP contribution in [0.4, 0.5) is 0 Å². The summed E-state index contributed by atoms with van der Waals surface area (Å²) in [6.07, 6.45) is 9.00. The minimum Gasteiger partial charge on any atom is -0.329 e. The molecule has 0 radical (unpaired) electrons. The largest absolute Gasteiger partial charge is 0.329 e. The lowest BCUT2D eigenvalue weighted by Gasteiger charge is -1.90. The van der Waals surface area contributed by atoms with E-state index in [-0.39, 0.29) is 5.56 Å². The third-order valence-corrected chi connectivity index (χ3v) is 1.87. The quantitative estimate of drug-likeness (QED) is 0.704. The summed E-state index contributed by atoms with van der Waals surface area (Å²) in [7, 11) is 0. The van der Waals surface area contributed by atoms with Gasteiger partial charge in [0.05, 0.1) is 0 Å². The Bertz CT molecular complexity index is 325. The van der Waals surface area contributed by atoms with Crippen LogP contribution in [0.5, 0.6) is 0 Å². The maximum atomic E-state index is 11.2. The lowest BCUT2D eigenvalue weighted by atomic mass is 10.2. The number of hydrogen-bond acceptors (Lipinski definition) is 1. The van der Waals surface area contributed by atoms with Crippen LogP contribution < -0.4 is 5.56 Å². The first kappa shape index (κ1) is 9.78. The second-order valence-corrected chi connectivity index (χ2v) is 3.00. The highest BCUT2D eigenvalue weighted by Crippen LogP contribution is 1.99. The lowest BCUT2D eigenvalue weighted by molar-refractivity contribution is 0.816. The second kappa shape index (κ2) is 5.36. The van der Waals surface area contributed by atoms with E-state index in [1.54, 1.807) is 6.20 Å². The first-order chi connectivity index (χ1) is 6.34. The number of pyridine rings is 1. The molecule has 1 rings (SSSR count). The summed E-state index contributed by atoms with van der Waals surface area (Å²) in [4.78, 5) is 13.8. The molecule has 0 saturated carbocycles. The molecule has 1 aromatic rings. The van der Waals surface area contributed by atoms with Crippen LogP contribution >= 0.6 is 0 Å². The van der Waals surface area contributed by atoms with Gasteiger partial charge in [-0.3, -0.25) is 4.79 Å².